The molecular formula is C13H10BrP. The number of fused-ring (bicyclic) bond motifs is 1. The fourth-order valence-corrected chi connectivity index (χ4v) is 5.39. The smallest absolute Gasteiger partial charge is 0.0296 e. The van der Waals surface area contributed by atoms with E-state index in [2.05, 4.69) is 64.2 Å². The molecule has 1 atom stereocenters. The largest absolute Gasteiger partial charge is 0.0880 e. The predicted octanol–water partition coefficient (Wildman–Crippen LogP) is 4.99. The highest BCUT2D eigenvalue weighted by Crippen LogP contribution is 2.51. The molecule has 0 N–H and O–H groups in total. The standard InChI is InChI=1S/C13H10BrP/c14-12-9-15(10-5-2-1-3-6-10)13-8-4-7-11(12)13/h1-7,9H,8H2. The molecule has 1 aromatic carbocycles. The molecule has 0 radical (unpaired) electrons. The van der Waals surface area contributed by atoms with Gasteiger partial charge in [0, 0.05) is 4.47 Å². The Balaban J connectivity index is 2.20. The maximum atomic E-state index is 3.65. The van der Waals surface area contributed by atoms with Crippen LogP contribution in [-0.4, -0.2) is 0 Å². The van der Waals surface area contributed by atoms with Crippen molar-refractivity contribution in [3.8, 4) is 5.30 Å². The summed E-state index contributed by atoms with van der Waals surface area (Å²) < 4.78 is 1.28. The molecule has 2 heteroatoms. The highest BCUT2D eigenvalue weighted by atomic mass is 79.9. The number of allylic oxidation sites excluding steroid dienone is 1. The van der Waals surface area contributed by atoms with E-state index in [4.69, 9.17) is 0 Å². The first-order valence-corrected chi connectivity index (χ1v) is 7.18. The lowest BCUT2D eigenvalue weighted by Crippen LogP contribution is -1.72. The topological polar surface area (TPSA) is 0 Å². The summed E-state index contributed by atoms with van der Waals surface area (Å²) >= 11 is 3.65. The third-order valence-corrected chi connectivity index (χ3v) is 6.12. The lowest BCUT2D eigenvalue weighted by molar-refractivity contribution is 1.39. The predicted molar refractivity (Wildman–Crippen MR) is 70.9 cm³/mol. The number of hydrogen-bond donors (Lipinski definition) is 0. The van der Waals surface area contributed by atoms with Crippen molar-refractivity contribution in [1.29, 1.82) is 0 Å². The Kier molecular flexibility index (Phi) is 2.31. The third-order valence-electron chi connectivity index (χ3n) is 2.73. The molecule has 1 aliphatic carbocycles. The molecule has 0 saturated heterocycles. The highest BCUT2D eigenvalue weighted by Gasteiger charge is 2.16. The van der Waals surface area contributed by atoms with Crippen LogP contribution in [0.4, 0.5) is 0 Å². The summed E-state index contributed by atoms with van der Waals surface area (Å²) in [7, 11) is -0.212. The Morgan fingerprint density at radius 1 is 1.13 bits per heavy atom. The Hall–Kier alpha value is -0.780. The molecule has 3 rings (SSSR count). The van der Waals surface area contributed by atoms with E-state index in [9.17, 15) is 0 Å². The molecule has 0 spiro atoms. The van der Waals surface area contributed by atoms with Gasteiger partial charge in [-0.25, -0.2) is 0 Å². The van der Waals surface area contributed by atoms with Crippen LogP contribution >= 0.6 is 23.5 Å². The normalized spacial score (nSPS) is 14.3. The van der Waals surface area contributed by atoms with Gasteiger partial charge in [0.1, 0.15) is 0 Å². The SMILES string of the molecule is Brc1cp(-c2ccccc2)c2c1C=CC2. The minimum absolute atomic E-state index is 0.212. The van der Waals surface area contributed by atoms with Crippen molar-refractivity contribution in [3.05, 3.63) is 57.5 Å². The summed E-state index contributed by atoms with van der Waals surface area (Å²) in [6.07, 6.45) is 5.62. The van der Waals surface area contributed by atoms with Gasteiger partial charge in [-0.05, 0) is 44.3 Å². The summed E-state index contributed by atoms with van der Waals surface area (Å²) in [6, 6.07) is 10.8. The van der Waals surface area contributed by atoms with Gasteiger partial charge >= 0.3 is 0 Å². The quantitative estimate of drug-likeness (QED) is 0.688. The molecule has 0 fully saturated rings. The molecule has 0 amide bonds. The molecule has 1 aromatic heterocycles. The second kappa shape index (κ2) is 3.66. The summed E-state index contributed by atoms with van der Waals surface area (Å²) in [5, 5.41) is 3.06. The lowest BCUT2D eigenvalue weighted by atomic mass is 10.3. The average Bonchev–Trinajstić information content (AvgIpc) is 2.84. The Morgan fingerprint density at radius 2 is 1.93 bits per heavy atom. The fraction of sp³-hybridized carbons (Fsp3) is 0.0769. The number of hydrogen-bond acceptors (Lipinski definition) is 0. The molecule has 0 aliphatic heterocycles. The van der Waals surface area contributed by atoms with Crippen molar-refractivity contribution >= 4 is 29.5 Å². The second-order valence-electron chi connectivity index (χ2n) is 3.65. The minimum atomic E-state index is -0.212. The highest BCUT2D eigenvalue weighted by molar-refractivity contribution is 9.10. The molecular weight excluding hydrogens is 267 g/mol. The van der Waals surface area contributed by atoms with E-state index in [-0.39, 0.29) is 7.53 Å². The van der Waals surface area contributed by atoms with Gasteiger partial charge in [0.15, 0.2) is 0 Å². The molecule has 1 aliphatic rings. The zero-order chi connectivity index (χ0) is 10.3. The molecule has 74 valence electrons. The van der Waals surface area contributed by atoms with E-state index >= 15 is 0 Å². The van der Waals surface area contributed by atoms with Crippen molar-refractivity contribution in [1.82, 2.24) is 0 Å². The zero-order valence-corrected chi connectivity index (χ0v) is 10.6. The van der Waals surface area contributed by atoms with Crippen LogP contribution in [0.2, 0.25) is 0 Å². The van der Waals surface area contributed by atoms with Gasteiger partial charge in [0.25, 0.3) is 0 Å². The molecule has 15 heavy (non-hydrogen) atoms. The van der Waals surface area contributed by atoms with Crippen LogP contribution in [0.5, 0.6) is 0 Å². The number of halogens is 1. The van der Waals surface area contributed by atoms with Crippen LogP contribution in [0.1, 0.15) is 10.9 Å². The van der Waals surface area contributed by atoms with Crippen molar-refractivity contribution in [3.63, 3.8) is 0 Å². The van der Waals surface area contributed by atoms with Crippen LogP contribution in [-0.2, 0) is 6.42 Å². The summed E-state index contributed by atoms with van der Waals surface area (Å²) in [4.78, 5) is 0. The van der Waals surface area contributed by atoms with Gasteiger partial charge in [-0.1, -0.05) is 50.0 Å². The van der Waals surface area contributed by atoms with Gasteiger partial charge < -0.3 is 0 Å². The fourth-order valence-electron chi connectivity index (χ4n) is 2.02. The van der Waals surface area contributed by atoms with Gasteiger partial charge in [0.05, 0.1) is 0 Å². The first kappa shape index (κ1) is 9.45. The Morgan fingerprint density at radius 3 is 2.73 bits per heavy atom. The van der Waals surface area contributed by atoms with Gasteiger partial charge in [-0.15, -0.1) is 0 Å². The molecule has 0 saturated carbocycles. The van der Waals surface area contributed by atoms with Gasteiger partial charge in [-0.3, -0.25) is 0 Å². The van der Waals surface area contributed by atoms with Crippen molar-refractivity contribution in [2.45, 2.75) is 6.42 Å². The van der Waals surface area contributed by atoms with Crippen LogP contribution in [0.15, 0.2) is 46.7 Å². The molecule has 2 aromatic rings. The average molecular weight is 277 g/mol. The maximum absolute atomic E-state index is 3.65. The van der Waals surface area contributed by atoms with E-state index in [0.29, 0.717) is 0 Å². The summed E-state index contributed by atoms with van der Waals surface area (Å²) in [5.74, 6) is 2.37. The summed E-state index contributed by atoms with van der Waals surface area (Å²) in [6.45, 7) is 0. The lowest BCUT2D eigenvalue weighted by Gasteiger charge is -2.02. The van der Waals surface area contributed by atoms with E-state index < -0.39 is 0 Å². The Labute approximate surface area is 98.8 Å². The number of benzene rings is 1. The van der Waals surface area contributed by atoms with E-state index in [1.165, 1.54) is 15.3 Å². The van der Waals surface area contributed by atoms with Crippen molar-refractivity contribution in [2.24, 2.45) is 0 Å². The first-order chi connectivity index (χ1) is 7.36. The molecule has 0 bridgehead atoms. The molecule has 1 unspecified atom stereocenters. The van der Waals surface area contributed by atoms with Crippen molar-refractivity contribution < 1.29 is 0 Å². The van der Waals surface area contributed by atoms with Crippen LogP contribution in [0.3, 0.4) is 0 Å². The van der Waals surface area contributed by atoms with Crippen LogP contribution in [0, 0.1) is 0 Å². The van der Waals surface area contributed by atoms with E-state index in [1.807, 2.05) is 0 Å². The Bertz CT molecular complexity index is 523. The maximum Gasteiger partial charge on any atom is 0.0296 e. The molecule has 1 heterocycles. The van der Waals surface area contributed by atoms with E-state index in [0.717, 1.165) is 6.42 Å². The minimum Gasteiger partial charge on any atom is -0.0880 e. The van der Waals surface area contributed by atoms with Gasteiger partial charge in [-0.2, -0.15) is 0 Å². The first-order valence-electron chi connectivity index (χ1n) is 4.98. The number of rotatable bonds is 1. The van der Waals surface area contributed by atoms with Crippen LogP contribution in [0.25, 0.3) is 11.4 Å². The summed E-state index contributed by atoms with van der Waals surface area (Å²) in [5.41, 5.74) is 1.42. The van der Waals surface area contributed by atoms with Gasteiger partial charge in [0.2, 0.25) is 0 Å². The zero-order valence-electron chi connectivity index (χ0n) is 8.15. The second-order valence-corrected chi connectivity index (χ2v) is 6.56. The van der Waals surface area contributed by atoms with E-state index in [1.54, 1.807) is 5.30 Å². The van der Waals surface area contributed by atoms with Crippen molar-refractivity contribution in [2.75, 3.05) is 0 Å². The molecule has 0 nitrogen and oxygen atoms in total. The van der Waals surface area contributed by atoms with Crippen LogP contribution < -0.4 is 0 Å². The monoisotopic (exact) mass is 276 g/mol. The third kappa shape index (κ3) is 1.51.